The van der Waals surface area contributed by atoms with E-state index in [0.29, 0.717) is 11.5 Å². The van der Waals surface area contributed by atoms with Crippen LogP contribution in [0.5, 0.6) is 0 Å². The molecule has 106 valence electrons. The summed E-state index contributed by atoms with van der Waals surface area (Å²) in [6, 6.07) is 6.90. The molecule has 0 saturated carbocycles. The van der Waals surface area contributed by atoms with Crippen LogP contribution in [0.3, 0.4) is 0 Å². The van der Waals surface area contributed by atoms with Gasteiger partial charge in [-0.25, -0.2) is 9.78 Å². The van der Waals surface area contributed by atoms with Crippen molar-refractivity contribution >= 4 is 40.4 Å². The number of nitrogen functional groups attached to an aromatic ring is 1. The fourth-order valence-electron chi connectivity index (χ4n) is 1.64. The van der Waals surface area contributed by atoms with Crippen LogP contribution in [0, 0.1) is 0 Å². The Labute approximate surface area is 125 Å². The summed E-state index contributed by atoms with van der Waals surface area (Å²) < 4.78 is 5.36. The Bertz CT molecular complexity index is 630. The van der Waals surface area contributed by atoms with Crippen LogP contribution in [-0.4, -0.2) is 18.1 Å². The highest BCUT2D eigenvalue weighted by Crippen LogP contribution is 2.29. The maximum atomic E-state index is 11.5. The number of esters is 1. The number of pyridine rings is 1. The second-order valence-corrected chi connectivity index (χ2v) is 5.88. The molecule has 0 fully saturated rings. The third-order valence-electron chi connectivity index (χ3n) is 2.69. The second-order valence-electron chi connectivity index (χ2n) is 4.13. The largest absolute Gasteiger partial charge is 0.464 e. The molecule has 5 nitrogen and oxygen atoms in total. The maximum absolute atomic E-state index is 11.5. The fraction of sp³-hybridized carbons (Fsp3) is 0.231. The lowest BCUT2D eigenvalue weighted by atomic mass is 10.2. The number of nitrogens with one attached hydrogen (secondary N) is 1. The van der Waals surface area contributed by atoms with E-state index in [4.69, 9.17) is 17.3 Å². The summed E-state index contributed by atoms with van der Waals surface area (Å²) in [5.41, 5.74) is 6.54. The van der Waals surface area contributed by atoms with Gasteiger partial charge in [-0.3, -0.25) is 0 Å². The first-order valence-electron chi connectivity index (χ1n) is 5.88. The minimum atomic E-state index is -0.500. The number of halogens is 1. The molecule has 0 saturated heterocycles. The van der Waals surface area contributed by atoms with Gasteiger partial charge in [-0.15, -0.1) is 11.3 Å². The van der Waals surface area contributed by atoms with Gasteiger partial charge in [-0.1, -0.05) is 11.6 Å². The van der Waals surface area contributed by atoms with Gasteiger partial charge in [-0.2, -0.15) is 0 Å². The summed E-state index contributed by atoms with van der Waals surface area (Å²) in [6.45, 7) is 1.97. The van der Waals surface area contributed by atoms with Crippen LogP contribution >= 0.6 is 22.9 Å². The van der Waals surface area contributed by atoms with E-state index >= 15 is 0 Å². The Hall–Kier alpha value is -1.79. The zero-order chi connectivity index (χ0) is 14.7. The van der Waals surface area contributed by atoms with Crippen molar-refractivity contribution < 1.29 is 9.53 Å². The van der Waals surface area contributed by atoms with Crippen molar-refractivity contribution in [2.45, 2.75) is 13.0 Å². The molecular formula is C13H14ClN3O2S. The van der Waals surface area contributed by atoms with Gasteiger partial charge in [0.1, 0.15) is 0 Å². The van der Waals surface area contributed by atoms with Crippen molar-refractivity contribution in [2.75, 3.05) is 18.2 Å². The van der Waals surface area contributed by atoms with E-state index in [1.807, 2.05) is 19.1 Å². The van der Waals surface area contributed by atoms with Crippen LogP contribution in [0.2, 0.25) is 4.34 Å². The second kappa shape index (κ2) is 6.11. The number of rotatable bonds is 4. The zero-order valence-electron chi connectivity index (χ0n) is 11.0. The molecule has 0 bridgehead atoms. The van der Waals surface area contributed by atoms with Gasteiger partial charge >= 0.3 is 5.97 Å². The number of carbonyl (C=O) groups is 1. The molecule has 0 aliphatic heterocycles. The molecule has 1 unspecified atom stereocenters. The topological polar surface area (TPSA) is 77.2 Å². The molecule has 0 aliphatic rings. The molecule has 2 aromatic heterocycles. The summed E-state index contributed by atoms with van der Waals surface area (Å²) in [6.07, 6.45) is 0. The van der Waals surface area contributed by atoms with Crippen LogP contribution in [-0.2, 0) is 4.74 Å². The summed E-state index contributed by atoms with van der Waals surface area (Å²) in [5.74, 6) is -0.0511. The molecule has 20 heavy (non-hydrogen) atoms. The molecule has 0 spiro atoms. The molecule has 0 aliphatic carbocycles. The SMILES string of the molecule is COC(=O)c1ccc(N)c(NC(C)c2ccc(Cl)s2)n1. The van der Waals surface area contributed by atoms with Crippen LogP contribution in [0.15, 0.2) is 24.3 Å². The smallest absolute Gasteiger partial charge is 0.356 e. The highest BCUT2D eigenvalue weighted by molar-refractivity contribution is 7.16. The molecule has 2 aromatic rings. The lowest BCUT2D eigenvalue weighted by molar-refractivity contribution is 0.0594. The first kappa shape index (κ1) is 14.6. The number of ether oxygens (including phenoxy) is 1. The highest BCUT2D eigenvalue weighted by atomic mass is 35.5. The Morgan fingerprint density at radius 2 is 2.20 bits per heavy atom. The number of carbonyl (C=O) groups excluding carboxylic acids is 1. The van der Waals surface area contributed by atoms with Crippen molar-refractivity contribution in [3.05, 3.63) is 39.2 Å². The van der Waals surface area contributed by atoms with Gasteiger partial charge in [0.05, 0.1) is 23.2 Å². The summed E-state index contributed by atoms with van der Waals surface area (Å²) in [4.78, 5) is 16.7. The molecule has 2 rings (SSSR count). The third-order valence-corrected chi connectivity index (χ3v) is 4.11. The Morgan fingerprint density at radius 3 is 2.80 bits per heavy atom. The molecule has 3 N–H and O–H groups in total. The number of thiophene rings is 1. The number of hydrogen-bond acceptors (Lipinski definition) is 6. The summed E-state index contributed by atoms with van der Waals surface area (Å²) >= 11 is 7.39. The quantitative estimate of drug-likeness (QED) is 0.847. The Morgan fingerprint density at radius 1 is 1.45 bits per heavy atom. The molecule has 0 amide bonds. The monoisotopic (exact) mass is 311 g/mol. The fourth-order valence-corrected chi connectivity index (χ4v) is 2.70. The van der Waals surface area contributed by atoms with Crippen molar-refractivity contribution in [3.63, 3.8) is 0 Å². The number of hydrogen-bond donors (Lipinski definition) is 2. The first-order chi connectivity index (χ1) is 9.51. The highest BCUT2D eigenvalue weighted by Gasteiger charge is 2.14. The summed E-state index contributed by atoms with van der Waals surface area (Å²) in [5, 5.41) is 3.17. The molecule has 0 radical (unpaired) electrons. The van der Waals surface area contributed by atoms with Crippen molar-refractivity contribution in [1.82, 2.24) is 4.98 Å². The molecule has 2 heterocycles. The van der Waals surface area contributed by atoms with Crippen LogP contribution in [0.4, 0.5) is 11.5 Å². The van der Waals surface area contributed by atoms with Gasteiger partial charge in [-0.05, 0) is 31.2 Å². The van der Waals surface area contributed by atoms with Gasteiger partial charge in [0.2, 0.25) is 0 Å². The van der Waals surface area contributed by atoms with Gasteiger partial charge < -0.3 is 15.8 Å². The predicted octanol–water partition coefficient (Wildman–Crippen LogP) is 3.34. The van der Waals surface area contributed by atoms with Crippen molar-refractivity contribution in [3.8, 4) is 0 Å². The number of methoxy groups -OCH3 is 1. The van der Waals surface area contributed by atoms with E-state index in [2.05, 4.69) is 15.0 Å². The number of nitrogens with zero attached hydrogens (tertiary/aromatic N) is 1. The lowest BCUT2D eigenvalue weighted by Gasteiger charge is -2.15. The van der Waals surface area contributed by atoms with E-state index in [1.54, 1.807) is 6.07 Å². The Balaban J connectivity index is 2.22. The van der Waals surface area contributed by atoms with Crippen LogP contribution in [0.25, 0.3) is 0 Å². The van der Waals surface area contributed by atoms with Crippen LogP contribution in [0.1, 0.15) is 28.3 Å². The normalized spacial score (nSPS) is 11.9. The molecule has 0 aromatic carbocycles. The van der Waals surface area contributed by atoms with E-state index in [0.717, 1.165) is 9.21 Å². The van der Waals surface area contributed by atoms with E-state index in [1.165, 1.54) is 24.5 Å². The average molecular weight is 312 g/mol. The first-order valence-corrected chi connectivity index (χ1v) is 7.07. The number of nitrogens with two attached hydrogens (primary N) is 1. The van der Waals surface area contributed by atoms with Gasteiger partial charge in [0.25, 0.3) is 0 Å². The predicted molar refractivity (Wildman–Crippen MR) is 81.4 cm³/mol. The molecule has 1 atom stereocenters. The standard InChI is InChI=1S/C13H14ClN3O2S/c1-7(10-5-6-11(14)20-10)16-12-8(15)3-4-9(17-12)13(18)19-2/h3-7H,15H2,1-2H3,(H,16,17). The zero-order valence-corrected chi connectivity index (χ0v) is 12.6. The maximum Gasteiger partial charge on any atom is 0.356 e. The van der Waals surface area contributed by atoms with E-state index in [-0.39, 0.29) is 11.7 Å². The van der Waals surface area contributed by atoms with E-state index in [9.17, 15) is 4.79 Å². The van der Waals surface area contributed by atoms with Gasteiger partial charge in [0.15, 0.2) is 11.5 Å². The molecule has 7 heteroatoms. The number of anilines is 2. The Kier molecular flexibility index (Phi) is 4.46. The summed E-state index contributed by atoms with van der Waals surface area (Å²) in [7, 11) is 1.31. The van der Waals surface area contributed by atoms with Crippen LogP contribution < -0.4 is 11.1 Å². The minimum absolute atomic E-state index is 0.0183. The third kappa shape index (κ3) is 3.20. The van der Waals surface area contributed by atoms with Crippen molar-refractivity contribution in [2.24, 2.45) is 0 Å². The lowest BCUT2D eigenvalue weighted by Crippen LogP contribution is -2.12. The average Bonchev–Trinajstić information content (AvgIpc) is 2.87. The minimum Gasteiger partial charge on any atom is -0.464 e. The molecular weight excluding hydrogens is 298 g/mol. The van der Waals surface area contributed by atoms with Gasteiger partial charge in [0, 0.05) is 4.88 Å². The van der Waals surface area contributed by atoms with Crippen molar-refractivity contribution in [1.29, 1.82) is 0 Å². The number of aromatic nitrogens is 1. The van der Waals surface area contributed by atoms with E-state index < -0.39 is 5.97 Å².